The first kappa shape index (κ1) is 15.9. The molecule has 7 heteroatoms. The van der Waals surface area contributed by atoms with E-state index in [2.05, 4.69) is 10.3 Å². The van der Waals surface area contributed by atoms with Gasteiger partial charge in [-0.1, -0.05) is 53.0 Å². The molecule has 2 rings (SSSR count). The van der Waals surface area contributed by atoms with Crippen molar-refractivity contribution in [1.29, 1.82) is 0 Å². The first-order chi connectivity index (χ1) is 9.97. The minimum atomic E-state index is -1.83. The van der Waals surface area contributed by atoms with Crippen LogP contribution >= 0.6 is 34.8 Å². The molecule has 110 valence electrons. The van der Waals surface area contributed by atoms with Crippen molar-refractivity contribution in [3.8, 4) is 5.75 Å². The Hall–Kier alpha value is -1.49. The van der Waals surface area contributed by atoms with E-state index in [0.29, 0.717) is 11.3 Å². The normalized spacial score (nSPS) is 12.5. The van der Waals surface area contributed by atoms with Crippen LogP contribution in [0.5, 0.6) is 5.75 Å². The first-order valence-corrected chi connectivity index (χ1v) is 7.09. The highest BCUT2D eigenvalue weighted by molar-refractivity contribution is 6.68. The molecule has 1 aromatic heterocycles. The Morgan fingerprint density at radius 2 is 1.86 bits per heavy atom. The van der Waals surface area contributed by atoms with E-state index in [4.69, 9.17) is 39.5 Å². The van der Waals surface area contributed by atoms with Gasteiger partial charge in [0.15, 0.2) is 0 Å². The number of nitrogens with zero attached hydrogens (tertiary/aromatic N) is 1. The highest BCUT2D eigenvalue weighted by Crippen LogP contribution is 2.32. The van der Waals surface area contributed by atoms with Gasteiger partial charge in [0, 0.05) is 12.4 Å². The maximum Gasteiger partial charge on any atom is 0.255 e. The molecule has 0 unspecified atom stereocenters. The zero-order valence-electron chi connectivity index (χ0n) is 10.7. The largest absolute Gasteiger partial charge is 0.466 e. The molecule has 0 radical (unpaired) electrons. The summed E-state index contributed by atoms with van der Waals surface area (Å²) in [6.45, 7) is 0. The maximum atomic E-state index is 12.1. The van der Waals surface area contributed by atoms with E-state index in [0.717, 1.165) is 0 Å². The molecule has 0 saturated carbocycles. The summed E-state index contributed by atoms with van der Waals surface area (Å²) in [6.07, 6.45) is 1.83. The van der Waals surface area contributed by atoms with Crippen LogP contribution in [0.1, 0.15) is 10.4 Å². The smallest absolute Gasteiger partial charge is 0.255 e. The van der Waals surface area contributed by atoms with Crippen molar-refractivity contribution in [3.05, 3.63) is 60.4 Å². The van der Waals surface area contributed by atoms with E-state index < -0.39 is 15.9 Å². The van der Waals surface area contributed by atoms with Crippen LogP contribution in [0.3, 0.4) is 0 Å². The van der Waals surface area contributed by atoms with E-state index in [1.54, 1.807) is 42.6 Å². The molecule has 0 aliphatic rings. The Kier molecular flexibility index (Phi) is 5.28. The number of hydrogen-bond donors (Lipinski definition) is 1. The summed E-state index contributed by atoms with van der Waals surface area (Å²) < 4.78 is 3.70. The number of hydrogen-bond acceptors (Lipinski definition) is 3. The highest BCUT2D eigenvalue weighted by Gasteiger charge is 2.36. The fourth-order valence-electron chi connectivity index (χ4n) is 1.51. The molecule has 1 aromatic carbocycles. The molecule has 1 amide bonds. The molecule has 1 atom stereocenters. The molecular weight excluding hydrogens is 335 g/mol. The Labute approximate surface area is 137 Å². The zero-order valence-corrected chi connectivity index (χ0v) is 12.9. The fraction of sp³-hybridized carbons (Fsp3) is 0.143. The van der Waals surface area contributed by atoms with Crippen molar-refractivity contribution in [1.82, 2.24) is 10.3 Å². The Balaban J connectivity index is 2.12. The van der Waals surface area contributed by atoms with Gasteiger partial charge >= 0.3 is 0 Å². The molecule has 0 saturated heterocycles. The molecule has 1 N–H and O–H groups in total. The lowest BCUT2D eigenvalue weighted by molar-refractivity contribution is 0.0832. The SMILES string of the molecule is O=C(N[C@@H](Oc1ccccc1)C(Cl)(Cl)Cl)c1cccnc1. The number of carbonyl (C=O) groups excluding carboxylic acids is 1. The number of ether oxygens (including phenoxy) is 1. The number of carbonyl (C=O) groups is 1. The van der Waals surface area contributed by atoms with Gasteiger partial charge in [0.25, 0.3) is 5.91 Å². The van der Waals surface area contributed by atoms with Gasteiger partial charge < -0.3 is 10.1 Å². The second-order valence-electron chi connectivity index (χ2n) is 4.07. The predicted octanol–water partition coefficient (Wildman–Crippen LogP) is 3.59. The monoisotopic (exact) mass is 344 g/mol. The van der Waals surface area contributed by atoms with Crippen LogP contribution in [-0.4, -0.2) is 20.9 Å². The van der Waals surface area contributed by atoms with Crippen molar-refractivity contribution in [2.45, 2.75) is 10.0 Å². The number of amides is 1. The van der Waals surface area contributed by atoms with E-state index in [9.17, 15) is 4.79 Å². The van der Waals surface area contributed by atoms with E-state index in [-0.39, 0.29) is 0 Å². The molecule has 0 fully saturated rings. The van der Waals surface area contributed by atoms with Crippen LogP contribution in [0, 0.1) is 0 Å². The summed E-state index contributed by atoms with van der Waals surface area (Å²) in [6, 6.07) is 12.0. The van der Waals surface area contributed by atoms with Crippen molar-refractivity contribution in [3.63, 3.8) is 0 Å². The Morgan fingerprint density at radius 1 is 1.14 bits per heavy atom. The molecule has 21 heavy (non-hydrogen) atoms. The second kappa shape index (κ2) is 6.98. The number of nitrogens with one attached hydrogen (secondary N) is 1. The number of aromatic nitrogens is 1. The zero-order chi connectivity index (χ0) is 15.3. The minimum Gasteiger partial charge on any atom is -0.466 e. The van der Waals surface area contributed by atoms with Gasteiger partial charge in [-0.15, -0.1) is 0 Å². The molecule has 2 aromatic rings. The molecule has 0 spiro atoms. The Morgan fingerprint density at radius 3 is 2.43 bits per heavy atom. The van der Waals surface area contributed by atoms with Crippen LogP contribution in [0.15, 0.2) is 54.9 Å². The van der Waals surface area contributed by atoms with Crippen LogP contribution in [0.4, 0.5) is 0 Å². The topological polar surface area (TPSA) is 51.2 Å². The summed E-state index contributed by atoms with van der Waals surface area (Å²) in [5.41, 5.74) is 0.341. The van der Waals surface area contributed by atoms with E-state index in [1.165, 1.54) is 6.20 Å². The molecule has 0 aliphatic carbocycles. The average molecular weight is 346 g/mol. The van der Waals surface area contributed by atoms with Crippen LogP contribution in [0.25, 0.3) is 0 Å². The molecule has 0 bridgehead atoms. The number of rotatable bonds is 4. The van der Waals surface area contributed by atoms with Crippen molar-refractivity contribution in [2.24, 2.45) is 0 Å². The van der Waals surface area contributed by atoms with Gasteiger partial charge in [0.2, 0.25) is 10.0 Å². The number of halogens is 3. The van der Waals surface area contributed by atoms with Gasteiger partial charge in [-0.3, -0.25) is 9.78 Å². The standard InChI is InChI=1S/C14H11Cl3N2O2/c15-14(16,17)13(21-11-6-2-1-3-7-11)19-12(20)10-5-4-8-18-9-10/h1-9,13H,(H,19,20)/t13-/m0/s1. The minimum absolute atomic E-state index is 0.341. The number of pyridine rings is 1. The number of para-hydroxylation sites is 1. The second-order valence-corrected chi connectivity index (χ2v) is 6.44. The third-order valence-corrected chi connectivity index (χ3v) is 3.07. The summed E-state index contributed by atoms with van der Waals surface area (Å²) in [7, 11) is 0. The lowest BCUT2D eigenvalue weighted by Gasteiger charge is -2.26. The quantitative estimate of drug-likeness (QED) is 0.680. The van der Waals surface area contributed by atoms with E-state index >= 15 is 0 Å². The van der Waals surface area contributed by atoms with Gasteiger partial charge in [0.1, 0.15) is 5.75 Å². The van der Waals surface area contributed by atoms with Gasteiger partial charge in [0.05, 0.1) is 5.56 Å². The van der Waals surface area contributed by atoms with Gasteiger partial charge in [-0.25, -0.2) is 0 Å². The lowest BCUT2D eigenvalue weighted by atomic mass is 10.2. The van der Waals surface area contributed by atoms with Crippen LogP contribution < -0.4 is 10.1 Å². The molecular formula is C14H11Cl3N2O2. The van der Waals surface area contributed by atoms with Gasteiger partial charge in [-0.05, 0) is 24.3 Å². The summed E-state index contributed by atoms with van der Waals surface area (Å²) in [4.78, 5) is 15.9. The molecule has 0 aliphatic heterocycles. The summed E-state index contributed by atoms with van der Waals surface area (Å²) >= 11 is 17.6. The van der Waals surface area contributed by atoms with E-state index in [1.807, 2.05) is 6.07 Å². The van der Waals surface area contributed by atoms with Crippen molar-refractivity contribution in [2.75, 3.05) is 0 Å². The van der Waals surface area contributed by atoms with Crippen LogP contribution in [-0.2, 0) is 0 Å². The summed E-state index contributed by atoms with van der Waals surface area (Å²) in [5, 5.41) is 2.52. The third kappa shape index (κ3) is 4.77. The number of benzene rings is 1. The highest BCUT2D eigenvalue weighted by atomic mass is 35.6. The van der Waals surface area contributed by atoms with Crippen LogP contribution in [0.2, 0.25) is 0 Å². The first-order valence-electron chi connectivity index (χ1n) is 5.96. The molecule has 1 heterocycles. The van der Waals surface area contributed by atoms with Crippen molar-refractivity contribution >= 4 is 40.7 Å². The average Bonchev–Trinajstić information content (AvgIpc) is 2.47. The Bertz CT molecular complexity index is 588. The number of alkyl halides is 3. The predicted molar refractivity (Wildman–Crippen MR) is 82.9 cm³/mol. The lowest BCUT2D eigenvalue weighted by Crippen LogP contribution is -2.47. The third-order valence-electron chi connectivity index (χ3n) is 2.48. The summed E-state index contributed by atoms with van der Waals surface area (Å²) in [5.74, 6) is 0.0238. The molecule has 4 nitrogen and oxygen atoms in total. The fourth-order valence-corrected chi connectivity index (χ4v) is 1.81. The van der Waals surface area contributed by atoms with Crippen molar-refractivity contribution < 1.29 is 9.53 Å². The van der Waals surface area contributed by atoms with Gasteiger partial charge in [-0.2, -0.15) is 0 Å². The maximum absolute atomic E-state index is 12.1.